The Labute approximate surface area is 91.6 Å². The Balaban J connectivity index is 1.66. The van der Waals surface area contributed by atoms with Crippen molar-refractivity contribution in [2.75, 3.05) is 13.2 Å². The molecular formula is C13H19NO. The molecule has 0 radical (unpaired) electrons. The zero-order chi connectivity index (χ0) is 10.3. The zero-order valence-electron chi connectivity index (χ0n) is 9.11. The number of benzene rings is 1. The maximum atomic E-state index is 5.70. The number of piperidine rings is 1. The van der Waals surface area contributed by atoms with Gasteiger partial charge in [-0.05, 0) is 24.9 Å². The maximum absolute atomic E-state index is 5.70. The van der Waals surface area contributed by atoms with Crippen molar-refractivity contribution in [1.29, 1.82) is 0 Å². The Morgan fingerprint density at radius 3 is 2.80 bits per heavy atom. The molecular weight excluding hydrogens is 186 g/mol. The van der Waals surface area contributed by atoms with E-state index in [1.165, 1.54) is 24.8 Å². The highest BCUT2D eigenvalue weighted by Gasteiger charge is 2.11. The first-order chi connectivity index (χ1) is 7.45. The third kappa shape index (κ3) is 3.65. The summed E-state index contributed by atoms with van der Waals surface area (Å²) in [5.41, 5.74) is 1.26. The van der Waals surface area contributed by atoms with E-state index < -0.39 is 0 Å². The summed E-state index contributed by atoms with van der Waals surface area (Å²) in [7, 11) is 0. The van der Waals surface area contributed by atoms with Gasteiger partial charge in [-0.1, -0.05) is 36.8 Å². The highest BCUT2D eigenvalue weighted by atomic mass is 16.5. The van der Waals surface area contributed by atoms with E-state index in [1.807, 2.05) is 6.07 Å². The van der Waals surface area contributed by atoms with Crippen molar-refractivity contribution < 1.29 is 4.74 Å². The quantitative estimate of drug-likeness (QED) is 0.814. The van der Waals surface area contributed by atoms with Crippen LogP contribution in [0.25, 0.3) is 0 Å². The van der Waals surface area contributed by atoms with Crippen LogP contribution in [0.1, 0.15) is 24.8 Å². The molecule has 1 saturated heterocycles. The maximum Gasteiger partial charge on any atom is 0.0717 e. The minimum atomic E-state index is 0.572. The van der Waals surface area contributed by atoms with Gasteiger partial charge < -0.3 is 10.1 Å². The molecule has 1 N–H and O–H groups in total. The molecule has 0 bridgehead atoms. The second-order valence-corrected chi connectivity index (χ2v) is 4.15. The molecule has 15 heavy (non-hydrogen) atoms. The van der Waals surface area contributed by atoms with Crippen LogP contribution in [-0.4, -0.2) is 19.2 Å². The van der Waals surface area contributed by atoms with E-state index in [0.29, 0.717) is 6.04 Å². The van der Waals surface area contributed by atoms with Gasteiger partial charge in [0.25, 0.3) is 0 Å². The highest BCUT2D eigenvalue weighted by Crippen LogP contribution is 2.08. The minimum Gasteiger partial charge on any atom is -0.375 e. The molecule has 1 aromatic carbocycles. The molecule has 1 aliphatic rings. The molecule has 1 fully saturated rings. The van der Waals surface area contributed by atoms with Crippen molar-refractivity contribution in [2.45, 2.75) is 31.9 Å². The van der Waals surface area contributed by atoms with Crippen LogP contribution in [-0.2, 0) is 11.3 Å². The van der Waals surface area contributed by atoms with Crippen LogP contribution < -0.4 is 5.32 Å². The van der Waals surface area contributed by atoms with Gasteiger partial charge in [0.1, 0.15) is 0 Å². The Bertz CT molecular complexity index is 267. The molecule has 0 aliphatic carbocycles. The van der Waals surface area contributed by atoms with Crippen LogP contribution in [0.4, 0.5) is 0 Å². The summed E-state index contributed by atoms with van der Waals surface area (Å²) >= 11 is 0. The van der Waals surface area contributed by atoms with Crippen molar-refractivity contribution in [1.82, 2.24) is 5.32 Å². The summed E-state index contributed by atoms with van der Waals surface area (Å²) in [6, 6.07) is 10.9. The van der Waals surface area contributed by atoms with Crippen LogP contribution in [0.5, 0.6) is 0 Å². The Morgan fingerprint density at radius 2 is 2.07 bits per heavy atom. The highest BCUT2D eigenvalue weighted by molar-refractivity contribution is 5.13. The molecule has 1 aliphatic heterocycles. The van der Waals surface area contributed by atoms with Gasteiger partial charge in [-0.2, -0.15) is 0 Å². The van der Waals surface area contributed by atoms with E-state index in [0.717, 1.165) is 19.8 Å². The molecule has 0 saturated carbocycles. The van der Waals surface area contributed by atoms with E-state index in [2.05, 4.69) is 29.6 Å². The van der Waals surface area contributed by atoms with Gasteiger partial charge in [-0.25, -0.2) is 0 Å². The first kappa shape index (κ1) is 10.7. The largest absolute Gasteiger partial charge is 0.375 e. The van der Waals surface area contributed by atoms with Crippen LogP contribution in [0.2, 0.25) is 0 Å². The summed E-state index contributed by atoms with van der Waals surface area (Å²) in [4.78, 5) is 0. The molecule has 2 rings (SSSR count). The van der Waals surface area contributed by atoms with Gasteiger partial charge in [0, 0.05) is 6.04 Å². The Kier molecular flexibility index (Phi) is 4.18. The average Bonchev–Trinajstić information content (AvgIpc) is 2.32. The molecule has 2 nitrogen and oxygen atoms in total. The molecule has 1 atom stereocenters. The lowest BCUT2D eigenvalue weighted by atomic mass is 10.1. The van der Waals surface area contributed by atoms with Gasteiger partial charge in [0.05, 0.1) is 13.2 Å². The minimum absolute atomic E-state index is 0.572. The van der Waals surface area contributed by atoms with Crippen molar-refractivity contribution in [3.63, 3.8) is 0 Å². The summed E-state index contributed by atoms with van der Waals surface area (Å²) in [6.07, 6.45) is 3.91. The SMILES string of the molecule is c1ccc(COC[C@@H]2CCCCN2)cc1. The van der Waals surface area contributed by atoms with Crippen LogP contribution in [0.15, 0.2) is 30.3 Å². The van der Waals surface area contributed by atoms with Crippen LogP contribution >= 0.6 is 0 Å². The third-order valence-corrected chi connectivity index (χ3v) is 2.84. The van der Waals surface area contributed by atoms with Crippen LogP contribution in [0, 0.1) is 0 Å². The van der Waals surface area contributed by atoms with Gasteiger partial charge in [0.15, 0.2) is 0 Å². The van der Waals surface area contributed by atoms with Gasteiger partial charge >= 0.3 is 0 Å². The number of nitrogens with one attached hydrogen (secondary N) is 1. The van der Waals surface area contributed by atoms with Crippen molar-refractivity contribution in [3.05, 3.63) is 35.9 Å². The molecule has 1 aromatic rings. The molecule has 0 amide bonds. The number of ether oxygens (including phenoxy) is 1. The van der Waals surface area contributed by atoms with E-state index in [9.17, 15) is 0 Å². The molecule has 0 unspecified atom stereocenters. The monoisotopic (exact) mass is 205 g/mol. The Morgan fingerprint density at radius 1 is 1.20 bits per heavy atom. The second kappa shape index (κ2) is 5.89. The summed E-state index contributed by atoms with van der Waals surface area (Å²) < 4.78 is 5.70. The molecule has 0 spiro atoms. The zero-order valence-corrected chi connectivity index (χ0v) is 9.11. The first-order valence-electron chi connectivity index (χ1n) is 5.80. The van der Waals surface area contributed by atoms with Crippen molar-refractivity contribution in [3.8, 4) is 0 Å². The fourth-order valence-corrected chi connectivity index (χ4v) is 1.96. The van der Waals surface area contributed by atoms with E-state index in [1.54, 1.807) is 0 Å². The summed E-state index contributed by atoms with van der Waals surface area (Å²) in [5, 5.41) is 3.48. The average molecular weight is 205 g/mol. The molecule has 2 heteroatoms. The lowest BCUT2D eigenvalue weighted by Crippen LogP contribution is -2.37. The van der Waals surface area contributed by atoms with Crippen molar-refractivity contribution in [2.24, 2.45) is 0 Å². The van der Waals surface area contributed by atoms with E-state index in [-0.39, 0.29) is 0 Å². The fraction of sp³-hybridized carbons (Fsp3) is 0.538. The first-order valence-corrected chi connectivity index (χ1v) is 5.80. The number of hydrogen-bond acceptors (Lipinski definition) is 2. The summed E-state index contributed by atoms with van der Waals surface area (Å²) in [6.45, 7) is 2.73. The topological polar surface area (TPSA) is 21.3 Å². The fourth-order valence-electron chi connectivity index (χ4n) is 1.96. The van der Waals surface area contributed by atoms with E-state index in [4.69, 9.17) is 4.74 Å². The van der Waals surface area contributed by atoms with Gasteiger partial charge in [0.2, 0.25) is 0 Å². The standard InChI is InChI=1S/C13H19NO/c1-2-6-12(7-3-1)10-15-11-13-8-4-5-9-14-13/h1-3,6-7,13-14H,4-5,8-11H2/t13-/m0/s1. The van der Waals surface area contributed by atoms with Gasteiger partial charge in [-0.15, -0.1) is 0 Å². The number of hydrogen-bond donors (Lipinski definition) is 1. The number of rotatable bonds is 4. The summed E-state index contributed by atoms with van der Waals surface area (Å²) in [5.74, 6) is 0. The second-order valence-electron chi connectivity index (χ2n) is 4.15. The predicted octanol–water partition coefficient (Wildman–Crippen LogP) is 2.35. The Hall–Kier alpha value is -0.860. The van der Waals surface area contributed by atoms with E-state index >= 15 is 0 Å². The normalized spacial score (nSPS) is 21.5. The van der Waals surface area contributed by atoms with Crippen molar-refractivity contribution >= 4 is 0 Å². The molecule has 82 valence electrons. The molecule has 0 aromatic heterocycles. The predicted molar refractivity (Wildman–Crippen MR) is 61.7 cm³/mol. The smallest absolute Gasteiger partial charge is 0.0717 e. The van der Waals surface area contributed by atoms with Gasteiger partial charge in [-0.3, -0.25) is 0 Å². The van der Waals surface area contributed by atoms with Crippen LogP contribution in [0.3, 0.4) is 0 Å². The third-order valence-electron chi connectivity index (χ3n) is 2.84. The lowest BCUT2D eigenvalue weighted by Gasteiger charge is -2.23. The lowest BCUT2D eigenvalue weighted by molar-refractivity contribution is 0.0911. The molecule has 1 heterocycles.